The summed E-state index contributed by atoms with van der Waals surface area (Å²) < 4.78 is 5.24. The highest BCUT2D eigenvalue weighted by atomic mass is 16.3. The van der Waals surface area contributed by atoms with Gasteiger partial charge in [-0.25, -0.2) is 0 Å². The van der Waals surface area contributed by atoms with E-state index in [1.807, 2.05) is 12.1 Å². The SMILES string of the molecule is CN=C(NCCC(=O)N(C)C)NCCc1ccco1. The number of carbonyl (C=O) groups excluding carboxylic acids is 1. The van der Waals surface area contributed by atoms with Crippen LogP contribution in [0, 0.1) is 0 Å². The van der Waals surface area contributed by atoms with Crippen LogP contribution in [0.3, 0.4) is 0 Å². The predicted molar refractivity (Wildman–Crippen MR) is 75.1 cm³/mol. The van der Waals surface area contributed by atoms with Gasteiger partial charge in [-0.3, -0.25) is 9.79 Å². The van der Waals surface area contributed by atoms with Gasteiger partial charge >= 0.3 is 0 Å². The van der Waals surface area contributed by atoms with E-state index >= 15 is 0 Å². The maximum absolute atomic E-state index is 11.4. The third-order valence-corrected chi connectivity index (χ3v) is 2.60. The van der Waals surface area contributed by atoms with Crippen molar-refractivity contribution in [3.63, 3.8) is 0 Å². The lowest BCUT2D eigenvalue weighted by atomic mass is 10.3. The zero-order valence-electron chi connectivity index (χ0n) is 11.8. The molecule has 6 nitrogen and oxygen atoms in total. The fraction of sp³-hybridized carbons (Fsp3) is 0.538. The molecule has 0 aromatic carbocycles. The van der Waals surface area contributed by atoms with Gasteiger partial charge in [0.15, 0.2) is 5.96 Å². The lowest BCUT2D eigenvalue weighted by molar-refractivity contribution is -0.128. The number of aliphatic imine (C=N–C) groups is 1. The molecule has 0 aliphatic rings. The second kappa shape index (κ2) is 8.18. The van der Waals surface area contributed by atoms with E-state index in [9.17, 15) is 4.79 Å². The zero-order valence-corrected chi connectivity index (χ0v) is 11.8. The van der Waals surface area contributed by atoms with E-state index in [0.717, 1.165) is 18.7 Å². The molecule has 2 N–H and O–H groups in total. The highest BCUT2D eigenvalue weighted by Crippen LogP contribution is 1.99. The number of nitrogens with zero attached hydrogens (tertiary/aromatic N) is 2. The van der Waals surface area contributed by atoms with Crippen LogP contribution in [0.2, 0.25) is 0 Å². The molecule has 0 aliphatic heterocycles. The Hall–Kier alpha value is -1.98. The largest absolute Gasteiger partial charge is 0.469 e. The zero-order chi connectivity index (χ0) is 14.1. The summed E-state index contributed by atoms with van der Waals surface area (Å²) in [5.41, 5.74) is 0. The van der Waals surface area contributed by atoms with Crippen molar-refractivity contribution >= 4 is 11.9 Å². The van der Waals surface area contributed by atoms with Crippen molar-refractivity contribution in [1.29, 1.82) is 0 Å². The highest BCUT2D eigenvalue weighted by molar-refractivity contribution is 5.81. The molecule has 0 aliphatic carbocycles. The molecule has 19 heavy (non-hydrogen) atoms. The van der Waals surface area contributed by atoms with E-state index in [1.165, 1.54) is 0 Å². The van der Waals surface area contributed by atoms with Crippen molar-refractivity contribution in [1.82, 2.24) is 15.5 Å². The Labute approximate surface area is 113 Å². The topological polar surface area (TPSA) is 69.9 Å². The molecule has 0 spiro atoms. The van der Waals surface area contributed by atoms with Gasteiger partial charge < -0.3 is 20.0 Å². The molecule has 0 fully saturated rings. The summed E-state index contributed by atoms with van der Waals surface area (Å²) >= 11 is 0. The molecule has 1 aromatic rings. The van der Waals surface area contributed by atoms with Crippen LogP contribution in [0.25, 0.3) is 0 Å². The van der Waals surface area contributed by atoms with Gasteiger partial charge in [0.25, 0.3) is 0 Å². The maximum Gasteiger partial charge on any atom is 0.223 e. The fourth-order valence-electron chi connectivity index (χ4n) is 1.49. The Balaban J connectivity index is 2.18. The summed E-state index contributed by atoms with van der Waals surface area (Å²) in [6.45, 7) is 1.30. The van der Waals surface area contributed by atoms with Crippen LogP contribution >= 0.6 is 0 Å². The summed E-state index contributed by atoms with van der Waals surface area (Å²) in [4.78, 5) is 17.1. The number of hydrogen-bond donors (Lipinski definition) is 2. The van der Waals surface area contributed by atoms with Crippen LogP contribution in [0.15, 0.2) is 27.8 Å². The average Bonchev–Trinajstić information content (AvgIpc) is 2.89. The lowest BCUT2D eigenvalue weighted by Gasteiger charge is -2.13. The van der Waals surface area contributed by atoms with E-state index in [0.29, 0.717) is 18.9 Å². The molecule has 0 bridgehead atoms. The molecular formula is C13H22N4O2. The van der Waals surface area contributed by atoms with E-state index < -0.39 is 0 Å². The van der Waals surface area contributed by atoms with Crippen LogP contribution < -0.4 is 10.6 Å². The van der Waals surface area contributed by atoms with Gasteiger partial charge in [0, 0.05) is 47.1 Å². The molecular weight excluding hydrogens is 244 g/mol. The number of carbonyl (C=O) groups is 1. The van der Waals surface area contributed by atoms with E-state index in [-0.39, 0.29) is 5.91 Å². The van der Waals surface area contributed by atoms with Crippen LogP contribution in [-0.2, 0) is 11.2 Å². The maximum atomic E-state index is 11.4. The van der Waals surface area contributed by atoms with Gasteiger partial charge in [-0.2, -0.15) is 0 Å². The molecule has 1 heterocycles. The number of hydrogen-bond acceptors (Lipinski definition) is 3. The second-order valence-corrected chi connectivity index (χ2v) is 4.29. The Kier molecular flexibility index (Phi) is 6.49. The molecule has 0 atom stereocenters. The summed E-state index contributed by atoms with van der Waals surface area (Å²) in [5.74, 6) is 1.72. The van der Waals surface area contributed by atoms with Crippen molar-refractivity contribution in [2.24, 2.45) is 4.99 Å². The van der Waals surface area contributed by atoms with Gasteiger partial charge in [0.1, 0.15) is 5.76 Å². The van der Waals surface area contributed by atoms with Crippen molar-refractivity contribution < 1.29 is 9.21 Å². The van der Waals surface area contributed by atoms with Gasteiger partial charge in [0.2, 0.25) is 5.91 Å². The fourth-order valence-corrected chi connectivity index (χ4v) is 1.49. The van der Waals surface area contributed by atoms with Crippen molar-refractivity contribution in [2.45, 2.75) is 12.8 Å². The standard InChI is InChI=1S/C13H22N4O2/c1-14-13(16-9-7-12(18)17(2)3)15-8-6-11-5-4-10-19-11/h4-5,10H,6-9H2,1-3H3,(H2,14,15,16). The minimum absolute atomic E-state index is 0.0959. The van der Waals surface area contributed by atoms with Gasteiger partial charge in [-0.05, 0) is 12.1 Å². The molecule has 106 valence electrons. The number of amides is 1. The summed E-state index contributed by atoms with van der Waals surface area (Å²) in [6.07, 6.45) is 2.91. The Morgan fingerprint density at radius 3 is 2.68 bits per heavy atom. The van der Waals surface area contributed by atoms with Gasteiger partial charge in [-0.1, -0.05) is 0 Å². The van der Waals surface area contributed by atoms with Crippen LogP contribution in [0.4, 0.5) is 0 Å². The molecule has 1 amide bonds. The number of furan rings is 1. The first-order chi connectivity index (χ1) is 9.13. The third kappa shape index (κ3) is 5.94. The van der Waals surface area contributed by atoms with E-state index in [2.05, 4.69) is 15.6 Å². The van der Waals surface area contributed by atoms with E-state index in [1.54, 1.807) is 32.3 Å². The highest BCUT2D eigenvalue weighted by Gasteiger charge is 2.04. The quantitative estimate of drug-likeness (QED) is 0.580. The minimum atomic E-state index is 0.0959. The molecule has 0 radical (unpaired) electrons. The Morgan fingerprint density at radius 2 is 2.11 bits per heavy atom. The second-order valence-electron chi connectivity index (χ2n) is 4.29. The Bertz CT molecular complexity index is 399. The van der Waals surface area contributed by atoms with Crippen molar-refractivity contribution in [3.8, 4) is 0 Å². The first-order valence-electron chi connectivity index (χ1n) is 6.30. The first kappa shape index (κ1) is 15.1. The van der Waals surface area contributed by atoms with Gasteiger partial charge in [0.05, 0.1) is 6.26 Å². The predicted octanol–water partition coefficient (Wildman–Crippen LogP) is 0.465. The van der Waals surface area contributed by atoms with E-state index in [4.69, 9.17) is 4.42 Å². The molecule has 6 heteroatoms. The molecule has 1 aromatic heterocycles. The molecule has 0 unspecified atom stereocenters. The van der Waals surface area contributed by atoms with Gasteiger partial charge in [-0.15, -0.1) is 0 Å². The third-order valence-electron chi connectivity index (χ3n) is 2.60. The van der Waals surface area contributed by atoms with Crippen LogP contribution in [-0.4, -0.2) is 51.0 Å². The first-order valence-corrected chi connectivity index (χ1v) is 6.30. The minimum Gasteiger partial charge on any atom is -0.469 e. The van der Waals surface area contributed by atoms with Crippen LogP contribution in [0.5, 0.6) is 0 Å². The molecule has 0 saturated carbocycles. The smallest absolute Gasteiger partial charge is 0.223 e. The molecule has 0 saturated heterocycles. The molecule has 1 rings (SSSR count). The van der Waals surface area contributed by atoms with Crippen molar-refractivity contribution in [2.75, 3.05) is 34.2 Å². The number of guanidine groups is 1. The monoisotopic (exact) mass is 266 g/mol. The lowest BCUT2D eigenvalue weighted by Crippen LogP contribution is -2.40. The normalized spacial score (nSPS) is 11.2. The number of rotatable bonds is 6. The van der Waals surface area contributed by atoms with Crippen molar-refractivity contribution in [3.05, 3.63) is 24.2 Å². The van der Waals surface area contributed by atoms with Crippen LogP contribution in [0.1, 0.15) is 12.2 Å². The summed E-state index contributed by atoms with van der Waals surface area (Å²) in [7, 11) is 5.20. The summed E-state index contributed by atoms with van der Waals surface area (Å²) in [6, 6.07) is 3.81. The summed E-state index contributed by atoms with van der Waals surface area (Å²) in [5, 5.41) is 6.26. The average molecular weight is 266 g/mol. The number of nitrogens with one attached hydrogen (secondary N) is 2. The Morgan fingerprint density at radius 1 is 1.37 bits per heavy atom.